The van der Waals surface area contributed by atoms with E-state index in [9.17, 15) is 67.1 Å². The molecule has 6 amide bonds. The maximum absolute atomic E-state index is 13.3. The number of aromatic carboxylic acids is 2. The van der Waals surface area contributed by atoms with Gasteiger partial charge in [0.1, 0.15) is 57.6 Å². The van der Waals surface area contributed by atoms with Crippen LogP contribution < -0.4 is 87.9 Å². The lowest BCUT2D eigenvalue weighted by molar-refractivity contribution is -0.120. The predicted molar refractivity (Wildman–Crippen MR) is 314 cm³/mol. The van der Waals surface area contributed by atoms with E-state index < -0.39 is 92.6 Å². The molecule has 0 unspecified atom stereocenters. The summed E-state index contributed by atoms with van der Waals surface area (Å²) in [5, 5.41) is 45.7. The molecule has 2 atom stereocenters. The van der Waals surface area contributed by atoms with Gasteiger partial charge in [-0.05, 0) is 69.8 Å². The van der Waals surface area contributed by atoms with Crippen LogP contribution in [0.4, 0.5) is 22.7 Å². The molecule has 4 aromatic heterocycles. The average molecular weight is 1230 g/mol. The lowest BCUT2D eigenvalue weighted by Crippen LogP contribution is -2.39. The molecule has 0 saturated heterocycles. The number of nitrogen functional groups attached to an aromatic ring is 2. The Morgan fingerprint density at radius 2 is 0.833 bits per heavy atom. The summed E-state index contributed by atoms with van der Waals surface area (Å²) in [7, 11) is 0. The molecule has 34 nitrogen and oxygen atoms in total. The molecule has 90 heavy (non-hydrogen) atoms. The summed E-state index contributed by atoms with van der Waals surface area (Å²) >= 11 is 0. The molecule has 0 aliphatic carbocycles. The Balaban J connectivity index is 0.000000213. The second-order valence-electron chi connectivity index (χ2n) is 19.5. The number of carbonyl (C=O) groups is 8. The molecule has 0 fully saturated rings. The van der Waals surface area contributed by atoms with Crippen LogP contribution in [0.3, 0.4) is 0 Å². The molecular weight excluding hydrogens is 1180 g/mol. The molecule has 6 aromatic carbocycles. The minimum Gasteiger partial charge on any atom is -0.478 e. The van der Waals surface area contributed by atoms with Gasteiger partial charge in [0.15, 0.2) is 0 Å². The van der Waals surface area contributed by atoms with Crippen molar-refractivity contribution in [1.29, 1.82) is 0 Å². The second-order valence-corrected chi connectivity index (χ2v) is 19.5. The molecule has 4 heterocycles. The van der Waals surface area contributed by atoms with Gasteiger partial charge in [0.05, 0.1) is 11.1 Å². The highest BCUT2D eigenvalue weighted by Gasteiger charge is 2.28. The third kappa shape index (κ3) is 13.0. The number of H-pyrrole nitrogens is 2. The van der Waals surface area contributed by atoms with E-state index in [1.54, 1.807) is 48.5 Å². The first kappa shape index (κ1) is 61.3. The molecule has 10 rings (SSSR count). The van der Waals surface area contributed by atoms with Crippen molar-refractivity contribution in [3.05, 3.63) is 238 Å². The van der Waals surface area contributed by atoms with E-state index in [0.717, 1.165) is 26.5 Å². The van der Waals surface area contributed by atoms with E-state index in [0.29, 0.717) is 16.7 Å². The van der Waals surface area contributed by atoms with Gasteiger partial charge in [-0.25, -0.2) is 48.1 Å². The van der Waals surface area contributed by atoms with Gasteiger partial charge in [-0.1, -0.05) is 72.8 Å². The number of aromatic nitrogens is 8. The topological polar surface area (TPSA) is 548 Å². The molecule has 456 valence electrons. The van der Waals surface area contributed by atoms with Gasteiger partial charge >= 0.3 is 23.3 Å². The van der Waals surface area contributed by atoms with Gasteiger partial charge in [-0.2, -0.15) is 0 Å². The van der Waals surface area contributed by atoms with Gasteiger partial charge in [0, 0.05) is 26.2 Å². The minimum absolute atomic E-state index is 0.0110. The number of aromatic amines is 2. The number of carboxylic acid groups (broad SMARTS) is 2. The molecule has 10 aromatic rings. The van der Waals surface area contributed by atoms with Crippen LogP contribution in [-0.4, -0.2) is 96.8 Å². The summed E-state index contributed by atoms with van der Waals surface area (Å²) in [6.45, 7) is 0.383. The number of primary amides is 2. The molecular formula is C56H46N18O16. The monoisotopic (exact) mass is 1230 g/mol. The summed E-state index contributed by atoms with van der Waals surface area (Å²) in [5.74, 6) is -8.31. The number of amides is 6. The van der Waals surface area contributed by atoms with E-state index in [1.165, 1.54) is 48.5 Å². The van der Waals surface area contributed by atoms with Gasteiger partial charge in [-0.3, -0.25) is 47.9 Å². The SMILES string of the molecule is NC(=O)[C@H](NC(=O)c1cc(C(=O)NCc2cccc(CNc3c(N)c(=O)c3=O)c2)n2c(=O)[nH]nc2n1)c1ccc(C(=O)O)cc1.NC(=O)[C@H](NC(=O)c1cc(C(=O)NCc2cccc(CNc3c(N)c(=O)c3=O)c2)nc2n[nH]c(=O)n12)c1ccc(C(=O)O)cc1. The number of carbonyl (C=O) groups excluding carboxylic acids is 6. The van der Waals surface area contributed by atoms with Crippen LogP contribution in [0, 0.1) is 0 Å². The normalized spacial score (nSPS) is 11.6. The highest BCUT2D eigenvalue weighted by Crippen LogP contribution is 2.20. The van der Waals surface area contributed by atoms with E-state index in [4.69, 9.17) is 33.1 Å². The molecule has 0 spiro atoms. The lowest BCUT2D eigenvalue weighted by atomic mass is 10.0. The van der Waals surface area contributed by atoms with Gasteiger partial charge < -0.3 is 65.0 Å². The van der Waals surface area contributed by atoms with Gasteiger partial charge in [0.25, 0.3) is 56.9 Å². The smallest absolute Gasteiger partial charge is 0.349 e. The zero-order valence-electron chi connectivity index (χ0n) is 46.0. The van der Waals surface area contributed by atoms with E-state index in [-0.39, 0.29) is 106 Å². The number of hydrogen-bond acceptors (Lipinski definition) is 22. The quantitative estimate of drug-likeness (QED) is 0.0314. The maximum Gasteiger partial charge on any atom is 0.349 e. The summed E-state index contributed by atoms with van der Waals surface area (Å²) in [6, 6.07) is 23.3. The number of carboxylic acids is 2. The van der Waals surface area contributed by atoms with Crippen LogP contribution in [0.1, 0.15) is 108 Å². The van der Waals surface area contributed by atoms with Crippen molar-refractivity contribution >= 4 is 81.7 Å². The third-order valence-electron chi connectivity index (χ3n) is 13.5. The lowest BCUT2D eigenvalue weighted by Gasteiger charge is -2.17. The number of hydrogen-bond donors (Lipinski definition) is 14. The molecule has 34 heteroatoms. The van der Waals surface area contributed by atoms with Crippen molar-refractivity contribution in [2.75, 3.05) is 22.1 Å². The fourth-order valence-electron chi connectivity index (χ4n) is 8.88. The molecule has 0 aliphatic heterocycles. The minimum atomic E-state index is -1.42. The van der Waals surface area contributed by atoms with Crippen LogP contribution in [0.5, 0.6) is 0 Å². The molecule has 18 N–H and O–H groups in total. The predicted octanol–water partition coefficient (Wildman–Crippen LogP) is -2.42. The highest BCUT2D eigenvalue weighted by atomic mass is 16.4. The Hall–Kier alpha value is -13.3. The Morgan fingerprint density at radius 3 is 1.22 bits per heavy atom. The number of nitrogens with zero attached hydrogens (tertiary/aromatic N) is 6. The first-order chi connectivity index (χ1) is 42.9. The Labute approximate surface area is 499 Å². The fourth-order valence-corrected chi connectivity index (χ4v) is 8.88. The number of nitrogens with two attached hydrogens (primary N) is 4. The zero-order valence-corrected chi connectivity index (χ0v) is 46.0. The Morgan fingerprint density at radius 1 is 0.467 bits per heavy atom. The largest absolute Gasteiger partial charge is 0.478 e. The zero-order chi connectivity index (χ0) is 64.8. The first-order valence-corrected chi connectivity index (χ1v) is 26.1. The maximum atomic E-state index is 13.3. The summed E-state index contributed by atoms with van der Waals surface area (Å²) < 4.78 is 1.66. The first-order valence-electron chi connectivity index (χ1n) is 26.1. The van der Waals surface area contributed by atoms with Crippen molar-refractivity contribution in [3.63, 3.8) is 0 Å². The van der Waals surface area contributed by atoms with Gasteiger partial charge in [-0.15, -0.1) is 10.2 Å². The number of anilines is 4. The standard InChI is InChI=1S/2C28H23N9O8/c29-18-20(22(39)21(18)38)31-10-12-2-1-3-13(8-12)11-32-25(42)17-9-16(33-27-35-36-28(45)37(17)27)24(41)34-19(23(30)40)14-4-6-15(7-5-14)26(43)44;29-18-20(22(39)21(18)38)31-10-12-2-1-3-13(8-12)11-32-24(41)16-9-17(37-27(33-16)35-36-28(37)45)25(42)34-19(23(30)40)14-4-6-15(7-5-14)26(43)44/h1-9,19,31H,10-11,29H2,(H2,30,40)(H,32,42)(H,34,41)(H,36,45)(H,43,44);1-9,19,31H,10-11,29H2,(H2,30,40)(H,32,41)(H,34,42)(H,36,45)(H,43,44)/t2*19-/m11/s1. The second kappa shape index (κ2) is 25.5. The van der Waals surface area contributed by atoms with Crippen LogP contribution >= 0.6 is 0 Å². The van der Waals surface area contributed by atoms with Crippen LogP contribution in [0.2, 0.25) is 0 Å². The van der Waals surface area contributed by atoms with Crippen molar-refractivity contribution < 1.29 is 48.6 Å². The number of fused-ring (bicyclic) bond motifs is 2. The van der Waals surface area contributed by atoms with Crippen molar-refractivity contribution in [1.82, 2.24) is 60.4 Å². The average Bonchev–Trinajstić information content (AvgIpc) is 1.55. The van der Waals surface area contributed by atoms with Crippen molar-refractivity contribution in [3.8, 4) is 0 Å². The van der Waals surface area contributed by atoms with Crippen LogP contribution in [-0.2, 0) is 35.8 Å². The molecule has 0 saturated carbocycles. The van der Waals surface area contributed by atoms with Crippen LogP contribution in [0.25, 0.3) is 11.6 Å². The molecule has 0 radical (unpaired) electrons. The Bertz CT molecular complexity index is 4860. The van der Waals surface area contributed by atoms with Crippen molar-refractivity contribution in [2.24, 2.45) is 11.5 Å². The fraction of sp³-hybridized carbons (Fsp3) is 0.107. The van der Waals surface area contributed by atoms with Crippen LogP contribution in [0.15, 0.2) is 138 Å². The number of benzene rings is 4. The number of rotatable bonds is 22. The number of nitrogens with one attached hydrogen (secondary N) is 8. The highest BCUT2D eigenvalue weighted by molar-refractivity contribution is 6.01. The van der Waals surface area contributed by atoms with Crippen molar-refractivity contribution in [2.45, 2.75) is 38.3 Å². The van der Waals surface area contributed by atoms with E-state index >= 15 is 0 Å². The van der Waals surface area contributed by atoms with Gasteiger partial charge in [0.2, 0.25) is 11.8 Å². The van der Waals surface area contributed by atoms with E-state index in [1.807, 2.05) is 0 Å². The molecule has 0 aliphatic rings. The summed E-state index contributed by atoms with van der Waals surface area (Å²) in [6.07, 6.45) is 0. The Kier molecular flexibility index (Phi) is 17.4. The third-order valence-corrected chi connectivity index (χ3v) is 13.5. The summed E-state index contributed by atoms with van der Waals surface area (Å²) in [4.78, 5) is 178. The van der Waals surface area contributed by atoms with E-state index in [2.05, 4.69) is 62.3 Å². The molecule has 0 bridgehead atoms. The summed E-state index contributed by atoms with van der Waals surface area (Å²) in [5.41, 5.74) is 19.1.